The van der Waals surface area contributed by atoms with Crippen LogP contribution in [0.15, 0.2) is 11.6 Å². The predicted molar refractivity (Wildman–Crippen MR) is 78.5 cm³/mol. The van der Waals surface area contributed by atoms with Gasteiger partial charge in [-0.3, -0.25) is 0 Å². The summed E-state index contributed by atoms with van der Waals surface area (Å²) in [5.41, 5.74) is 1.53. The molecule has 110 valence electrons. The molecule has 1 atom stereocenters. The molecule has 0 radical (unpaired) electrons. The molecule has 1 unspecified atom stereocenters. The Balaban J connectivity index is 2.06. The highest BCUT2D eigenvalue weighted by Gasteiger charge is 2.34. The Hall–Kier alpha value is -0.390. The number of hydrogen-bond donors (Lipinski definition) is 1. The zero-order chi connectivity index (χ0) is 14.1. The van der Waals surface area contributed by atoms with E-state index in [9.17, 15) is 8.42 Å². The number of nitrogens with one attached hydrogen (secondary N) is 1. The van der Waals surface area contributed by atoms with Gasteiger partial charge in [0.15, 0.2) is 0 Å². The number of nitrogens with zero attached hydrogens (tertiary/aromatic N) is 1. The summed E-state index contributed by atoms with van der Waals surface area (Å²) in [6.45, 7) is 9.30. The first-order valence-electron chi connectivity index (χ1n) is 7.21. The zero-order valence-electron chi connectivity index (χ0n) is 12.3. The molecule has 2 aliphatic heterocycles. The lowest BCUT2D eigenvalue weighted by molar-refractivity contribution is 0.377. The minimum atomic E-state index is -3.13. The lowest BCUT2D eigenvalue weighted by Crippen LogP contribution is -2.47. The van der Waals surface area contributed by atoms with Crippen LogP contribution in [0.3, 0.4) is 0 Å². The van der Waals surface area contributed by atoms with Gasteiger partial charge in [0.1, 0.15) is 0 Å². The van der Waals surface area contributed by atoms with Crippen LogP contribution < -0.4 is 5.32 Å². The Bertz CT molecular complexity index is 443. The zero-order valence-corrected chi connectivity index (χ0v) is 13.1. The summed E-state index contributed by atoms with van der Waals surface area (Å²) in [5, 5.41) is 2.96. The molecule has 0 spiro atoms. The highest BCUT2D eigenvalue weighted by molar-refractivity contribution is 7.89. The first-order valence-corrected chi connectivity index (χ1v) is 8.71. The third-order valence-electron chi connectivity index (χ3n) is 4.17. The second-order valence-electron chi connectivity index (χ2n) is 6.60. The van der Waals surface area contributed by atoms with Crippen molar-refractivity contribution in [3.05, 3.63) is 11.6 Å². The molecule has 0 aromatic carbocycles. The van der Waals surface area contributed by atoms with Crippen LogP contribution in [0.4, 0.5) is 0 Å². The molecule has 5 heteroatoms. The molecule has 0 aliphatic carbocycles. The lowest BCUT2D eigenvalue weighted by atomic mass is 9.83. The van der Waals surface area contributed by atoms with Crippen molar-refractivity contribution in [1.29, 1.82) is 0 Å². The van der Waals surface area contributed by atoms with Crippen LogP contribution in [0.5, 0.6) is 0 Å². The van der Waals surface area contributed by atoms with Crippen LogP contribution in [0.1, 0.15) is 40.0 Å². The minimum absolute atomic E-state index is 0.155. The largest absolute Gasteiger partial charge is 0.315 e. The number of rotatable bonds is 2. The predicted octanol–water partition coefficient (Wildman–Crippen LogP) is 1.75. The maximum Gasteiger partial charge on any atom is 0.218 e. The van der Waals surface area contributed by atoms with Crippen LogP contribution in [-0.2, 0) is 10.0 Å². The van der Waals surface area contributed by atoms with E-state index in [-0.39, 0.29) is 10.7 Å². The van der Waals surface area contributed by atoms with E-state index in [0.717, 1.165) is 25.8 Å². The highest BCUT2D eigenvalue weighted by Crippen LogP contribution is 2.31. The summed E-state index contributed by atoms with van der Waals surface area (Å²) in [4.78, 5) is 0. The molecule has 0 aromatic heterocycles. The molecule has 19 heavy (non-hydrogen) atoms. The maximum atomic E-state index is 12.6. The number of piperidine rings is 1. The SMILES string of the molecule is CC(C)(C)C1=CCN(S(=O)(=O)C2CCCNC2)CC1. The molecule has 2 aliphatic rings. The number of sulfonamides is 1. The van der Waals surface area contributed by atoms with Gasteiger partial charge in [-0.2, -0.15) is 4.31 Å². The molecule has 2 rings (SSSR count). The standard InChI is InChI=1S/C14H26N2O2S/c1-14(2,3)12-6-9-16(10-7-12)19(17,18)13-5-4-8-15-11-13/h6,13,15H,4-5,7-11H2,1-3H3. The van der Waals surface area contributed by atoms with Crippen molar-refractivity contribution in [2.75, 3.05) is 26.2 Å². The Morgan fingerprint density at radius 2 is 2.11 bits per heavy atom. The molecular formula is C14H26N2O2S. The van der Waals surface area contributed by atoms with Crippen molar-refractivity contribution in [3.8, 4) is 0 Å². The third-order valence-corrected chi connectivity index (χ3v) is 6.46. The van der Waals surface area contributed by atoms with Crippen LogP contribution in [-0.4, -0.2) is 44.2 Å². The summed E-state index contributed by atoms with van der Waals surface area (Å²) in [6, 6.07) is 0. The summed E-state index contributed by atoms with van der Waals surface area (Å²) >= 11 is 0. The van der Waals surface area contributed by atoms with Gasteiger partial charge in [0.25, 0.3) is 0 Å². The average molecular weight is 286 g/mol. The van der Waals surface area contributed by atoms with Crippen LogP contribution in [0.25, 0.3) is 0 Å². The van der Waals surface area contributed by atoms with Gasteiger partial charge < -0.3 is 5.32 Å². The molecule has 0 aromatic rings. The fourth-order valence-electron chi connectivity index (χ4n) is 2.85. The van der Waals surface area contributed by atoms with Gasteiger partial charge in [-0.1, -0.05) is 32.4 Å². The van der Waals surface area contributed by atoms with E-state index >= 15 is 0 Å². The Morgan fingerprint density at radius 1 is 1.37 bits per heavy atom. The smallest absolute Gasteiger partial charge is 0.218 e. The van der Waals surface area contributed by atoms with E-state index in [0.29, 0.717) is 19.6 Å². The second kappa shape index (κ2) is 5.54. The van der Waals surface area contributed by atoms with Crippen LogP contribution >= 0.6 is 0 Å². The normalized spacial score (nSPS) is 27.1. The van der Waals surface area contributed by atoms with Gasteiger partial charge in [-0.15, -0.1) is 0 Å². The van der Waals surface area contributed by atoms with E-state index in [1.807, 2.05) is 0 Å². The first kappa shape index (κ1) is 15.0. The molecule has 1 fully saturated rings. The Labute approximate surface area is 117 Å². The molecule has 0 bridgehead atoms. The van der Waals surface area contributed by atoms with Gasteiger partial charge in [-0.25, -0.2) is 8.42 Å². The minimum Gasteiger partial charge on any atom is -0.315 e. The number of hydrogen-bond acceptors (Lipinski definition) is 3. The fraction of sp³-hybridized carbons (Fsp3) is 0.857. The molecule has 1 saturated heterocycles. The Kier molecular flexibility index (Phi) is 4.38. The summed E-state index contributed by atoms with van der Waals surface area (Å²) in [5.74, 6) is 0. The monoisotopic (exact) mass is 286 g/mol. The topological polar surface area (TPSA) is 49.4 Å². The summed E-state index contributed by atoms with van der Waals surface area (Å²) in [7, 11) is -3.13. The fourth-order valence-corrected chi connectivity index (χ4v) is 4.69. The van der Waals surface area contributed by atoms with Crippen molar-refractivity contribution in [2.24, 2.45) is 5.41 Å². The van der Waals surface area contributed by atoms with Gasteiger partial charge in [-0.05, 0) is 31.2 Å². The van der Waals surface area contributed by atoms with E-state index < -0.39 is 10.0 Å². The van der Waals surface area contributed by atoms with Crippen molar-refractivity contribution >= 4 is 10.0 Å². The van der Waals surface area contributed by atoms with E-state index in [4.69, 9.17) is 0 Å². The van der Waals surface area contributed by atoms with E-state index in [1.54, 1.807) is 4.31 Å². The van der Waals surface area contributed by atoms with Gasteiger partial charge >= 0.3 is 0 Å². The first-order chi connectivity index (χ1) is 8.82. The second-order valence-corrected chi connectivity index (χ2v) is 8.81. The third kappa shape index (κ3) is 3.38. The summed E-state index contributed by atoms with van der Waals surface area (Å²) in [6.07, 6.45) is 4.72. The van der Waals surface area contributed by atoms with Crippen molar-refractivity contribution < 1.29 is 8.42 Å². The quantitative estimate of drug-likeness (QED) is 0.787. The van der Waals surface area contributed by atoms with E-state index in [2.05, 4.69) is 32.2 Å². The molecular weight excluding hydrogens is 260 g/mol. The van der Waals surface area contributed by atoms with Gasteiger partial charge in [0.2, 0.25) is 10.0 Å². The molecule has 4 nitrogen and oxygen atoms in total. The van der Waals surface area contributed by atoms with Crippen LogP contribution in [0, 0.1) is 5.41 Å². The molecule has 2 heterocycles. The van der Waals surface area contributed by atoms with Crippen molar-refractivity contribution in [1.82, 2.24) is 9.62 Å². The van der Waals surface area contributed by atoms with Crippen LogP contribution in [0.2, 0.25) is 0 Å². The molecule has 0 amide bonds. The lowest BCUT2D eigenvalue weighted by Gasteiger charge is -2.34. The maximum absolute atomic E-state index is 12.6. The Morgan fingerprint density at radius 3 is 2.58 bits per heavy atom. The molecule has 1 N–H and O–H groups in total. The van der Waals surface area contributed by atoms with Gasteiger partial charge in [0, 0.05) is 19.6 Å². The average Bonchev–Trinajstić information content (AvgIpc) is 2.39. The van der Waals surface area contributed by atoms with E-state index in [1.165, 1.54) is 5.57 Å². The van der Waals surface area contributed by atoms with Crippen molar-refractivity contribution in [2.45, 2.75) is 45.3 Å². The highest BCUT2D eigenvalue weighted by atomic mass is 32.2. The van der Waals surface area contributed by atoms with Crippen molar-refractivity contribution in [3.63, 3.8) is 0 Å². The van der Waals surface area contributed by atoms with Gasteiger partial charge in [0.05, 0.1) is 5.25 Å². The molecule has 0 saturated carbocycles. The summed E-state index contributed by atoms with van der Waals surface area (Å²) < 4.78 is 26.8.